The zero-order chi connectivity index (χ0) is 18.0. The van der Waals surface area contributed by atoms with E-state index < -0.39 is 17.7 Å². The number of hydrogen-bond donors (Lipinski definition) is 1. The number of halogens is 2. The first-order valence-electron chi connectivity index (χ1n) is 8.28. The van der Waals surface area contributed by atoms with Gasteiger partial charge in [-0.15, -0.1) is 0 Å². The first-order chi connectivity index (χ1) is 12.0. The van der Waals surface area contributed by atoms with Crippen molar-refractivity contribution >= 4 is 11.5 Å². The van der Waals surface area contributed by atoms with Crippen LogP contribution in [0.15, 0.2) is 54.6 Å². The Bertz CT molecular complexity index is 805. The van der Waals surface area contributed by atoms with Gasteiger partial charge in [0.05, 0.1) is 12.1 Å². The summed E-state index contributed by atoms with van der Waals surface area (Å²) >= 11 is 0. The monoisotopic (exact) mass is 342 g/mol. The largest absolute Gasteiger partial charge is 0.326 e. The maximum absolute atomic E-state index is 14.2. The van der Waals surface area contributed by atoms with Crippen LogP contribution in [0.25, 0.3) is 5.57 Å². The summed E-state index contributed by atoms with van der Waals surface area (Å²) in [6, 6.07) is 11.9. The van der Waals surface area contributed by atoms with Gasteiger partial charge < -0.3 is 10.6 Å². The van der Waals surface area contributed by atoms with E-state index in [0.29, 0.717) is 12.0 Å². The van der Waals surface area contributed by atoms with Gasteiger partial charge in [-0.25, -0.2) is 8.78 Å². The van der Waals surface area contributed by atoms with Gasteiger partial charge in [0.15, 0.2) is 0 Å². The molecule has 0 spiro atoms. The molecule has 25 heavy (non-hydrogen) atoms. The quantitative estimate of drug-likeness (QED) is 0.921. The minimum Gasteiger partial charge on any atom is -0.326 e. The van der Waals surface area contributed by atoms with Crippen LogP contribution in [0.5, 0.6) is 0 Å². The molecule has 0 fully saturated rings. The van der Waals surface area contributed by atoms with Crippen molar-refractivity contribution in [2.45, 2.75) is 25.4 Å². The fourth-order valence-electron chi connectivity index (χ4n) is 3.06. The van der Waals surface area contributed by atoms with Gasteiger partial charge in [-0.2, -0.15) is 0 Å². The van der Waals surface area contributed by atoms with E-state index in [9.17, 15) is 13.6 Å². The smallest absolute Gasteiger partial charge is 0.240 e. The molecule has 3 rings (SSSR count). The molecule has 2 atom stereocenters. The molecule has 2 aromatic rings. The van der Waals surface area contributed by atoms with E-state index in [-0.39, 0.29) is 24.1 Å². The second kappa shape index (κ2) is 7.15. The Balaban J connectivity index is 2.01. The molecule has 1 aliphatic rings. The van der Waals surface area contributed by atoms with E-state index >= 15 is 0 Å². The van der Waals surface area contributed by atoms with Crippen molar-refractivity contribution in [3.63, 3.8) is 0 Å². The van der Waals surface area contributed by atoms with E-state index in [0.717, 1.165) is 23.8 Å². The molecule has 1 unspecified atom stereocenters. The third-order valence-corrected chi connectivity index (χ3v) is 4.49. The van der Waals surface area contributed by atoms with Crippen LogP contribution in [0.2, 0.25) is 0 Å². The fraction of sp³-hybridized carbons (Fsp3) is 0.250. The summed E-state index contributed by atoms with van der Waals surface area (Å²) in [6.07, 6.45) is 2.33. The minimum absolute atomic E-state index is 0.182. The van der Waals surface area contributed by atoms with Crippen LogP contribution in [-0.2, 0) is 4.79 Å². The molecule has 0 saturated carbocycles. The van der Waals surface area contributed by atoms with Gasteiger partial charge in [0.1, 0.15) is 11.6 Å². The molecular weight excluding hydrogens is 322 g/mol. The third kappa shape index (κ3) is 3.46. The van der Waals surface area contributed by atoms with Crippen LogP contribution in [0, 0.1) is 11.6 Å². The first-order valence-corrected chi connectivity index (χ1v) is 8.28. The van der Waals surface area contributed by atoms with Crippen molar-refractivity contribution in [3.05, 3.63) is 77.4 Å². The molecule has 130 valence electrons. The molecular formula is C20H20F2N2O. The maximum atomic E-state index is 14.2. The maximum Gasteiger partial charge on any atom is 0.240 e. The lowest BCUT2D eigenvalue weighted by Crippen LogP contribution is -2.43. The Labute approximate surface area is 145 Å². The first kappa shape index (κ1) is 17.3. The predicted octanol–water partition coefficient (Wildman–Crippen LogP) is 3.67. The zero-order valence-corrected chi connectivity index (χ0v) is 14.0. The van der Waals surface area contributed by atoms with Gasteiger partial charge in [-0.05, 0) is 35.8 Å². The Hall–Kier alpha value is -2.53. The van der Waals surface area contributed by atoms with Crippen LogP contribution in [0.1, 0.15) is 30.5 Å². The number of carbonyl (C=O) groups is 1. The van der Waals surface area contributed by atoms with E-state index in [2.05, 4.69) is 0 Å². The van der Waals surface area contributed by atoms with Crippen LogP contribution >= 0.6 is 0 Å². The lowest BCUT2D eigenvalue weighted by atomic mass is 10.0. The van der Waals surface area contributed by atoms with Crippen molar-refractivity contribution < 1.29 is 13.6 Å². The van der Waals surface area contributed by atoms with Crippen molar-refractivity contribution in [2.24, 2.45) is 5.73 Å². The summed E-state index contributed by atoms with van der Waals surface area (Å²) in [5, 5.41) is 0. The van der Waals surface area contributed by atoms with Gasteiger partial charge in [0, 0.05) is 12.1 Å². The minimum atomic E-state index is -0.615. The number of carbonyl (C=O) groups excluding carboxylic acids is 1. The normalized spacial score (nSPS) is 18.2. The Morgan fingerprint density at radius 2 is 1.96 bits per heavy atom. The summed E-state index contributed by atoms with van der Waals surface area (Å²) in [5.41, 5.74) is 7.60. The van der Waals surface area contributed by atoms with Gasteiger partial charge in [-0.1, -0.05) is 43.3 Å². The van der Waals surface area contributed by atoms with Crippen LogP contribution in [0.3, 0.4) is 0 Å². The summed E-state index contributed by atoms with van der Waals surface area (Å²) in [5.74, 6) is -1.21. The van der Waals surface area contributed by atoms with Gasteiger partial charge >= 0.3 is 0 Å². The van der Waals surface area contributed by atoms with Gasteiger partial charge in [-0.3, -0.25) is 4.79 Å². The van der Waals surface area contributed by atoms with Crippen molar-refractivity contribution in [1.29, 1.82) is 0 Å². The molecule has 0 radical (unpaired) electrons. The molecule has 3 nitrogen and oxygen atoms in total. The summed E-state index contributed by atoms with van der Waals surface area (Å²) in [7, 11) is 0. The molecule has 0 bridgehead atoms. The van der Waals surface area contributed by atoms with Crippen LogP contribution in [0.4, 0.5) is 8.78 Å². The molecule has 1 amide bonds. The van der Waals surface area contributed by atoms with E-state index in [1.54, 1.807) is 4.90 Å². The molecule has 2 aromatic carbocycles. The van der Waals surface area contributed by atoms with Crippen molar-refractivity contribution in [2.75, 3.05) is 6.54 Å². The van der Waals surface area contributed by atoms with Crippen molar-refractivity contribution in [3.8, 4) is 0 Å². The summed E-state index contributed by atoms with van der Waals surface area (Å²) in [6.45, 7) is 2.04. The standard InChI is InChI=1S/C20H20F2N2O/c1-2-18(23)20(25)24-12-14(16-11-15(21)8-9-17(16)22)10-19(24)13-6-4-3-5-7-13/h3-11,18-19H,2,12,23H2,1H3/t18-,19?/m0/s1. The highest BCUT2D eigenvalue weighted by molar-refractivity contribution is 5.86. The van der Waals surface area contributed by atoms with Crippen molar-refractivity contribution in [1.82, 2.24) is 4.90 Å². The zero-order valence-electron chi connectivity index (χ0n) is 14.0. The summed E-state index contributed by atoms with van der Waals surface area (Å²) < 4.78 is 27.7. The average Bonchev–Trinajstić information content (AvgIpc) is 3.08. The third-order valence-electron chi connectivity index (χ3n) is 4.49. The molecule has 0 aromatic heterocycles. The number of nitrogens with zero attached hydrogens (tertiary/aromatic N) is 1. The highest BCUT2D eigenvalue weighted by Crippen LogP contribution is 2.36. The Kier molecular flexibility index (Phi) is 4.95. The molecule has 5 heteroatoms. The highest BCUT2D eigenvalue weighted by atomic mass is 19.1. The lowest BCUT2D eigenvalue weighted by molar-refractivity contribution is -0.133. The number of rotatable bonds is 4. The molecule has 2 N–H and O–H groups in total. The summed E-state index contributed by atoms with van der Waals surface area (Å²) in [4.78, 5) is 14.3. The van der Waals surface area contributed by atoms with Gasteiger partial charge in [0.2, 0.25) is 5.91 Å². The van der Waals surface area contributed by atoms with E-state index in [4.69, 9.17) is 5.73 Å². The molecule has 0 saturated heterocycles. The fourth-order valence-corrected chi connectivity index (χ4v) is 3.06. The second-order valence-corrected chi connectivity index (χ2v) is 6.15. The van der Waals surface area contributed by atoms with Crippen LogP contribution in [-0.4, -0.2) is 23.4 Å². The second-order valence-electron chi connectivity index (χ2n) is 6.15. The Morgan fingerprint density at radius 1 is 1.24 bits per heavy atom. The topological polar surface area (TPSA) is 46.3 Å². The molecule has 1 heterocycles. The van der Waals surface area contributed by atoms with Crippen LogP contribution < -0.4 is 5.73 Å². The van der Waals surface area contributed by atoms with E-state index in [1.165, 1.54) is 0 Å². The number of nitrogens with two attached hydrogens (primary N) is 1. The predicted molar refractivity (Wildman–Crippen MR) is 93.5 cm³/mol. The molecule has 0 aliphatic carbocycles. The Morgan fingerprint density at radius 3 is 2.64 bits per heavy atom. The number of hydrogen-bond acceptors (Lipinski definition) is 2. The average molecular weight is 342 g/mol. The SMILES string of the molecule is CC[C@H](N)C(=O)N1CC(c2cc(F)ccc2F)=CC1c1ccccc1. The van der Waals surface area contributed by atoms with E-state index in [1.807, 2.05) is 43.3 Å². The number of benzene rings is 2. The molecule has 1 aliphatic heterocycles. The highest BCUT2D eigenvalue weighted by Gasteiger charge is 2.33. The number of amides is 1. The lowest BCUT2D eigenvalue weighted by Gasteiger charge is -2.27. The van der Waals surface area contributed by atoms with Gasteiger partial charge in [0.25, 0.3) is 0 Å².